The molecule has 5 atom stereocenters. The lowest BCUT2D eigenvalue weighted by Crippen LogP contribution is -2.49. The number of carbonyl (C=O) groups excluding carboxylic acids is 2. The minimum atomic E-state index is -1.73. The van der Waals surface area contributed by atoms with Crippen LogP contribution >= 0.6 is 0 Å². The fraction of sp³-hybridized carbons (Fsp3) is 0.667. The fourth-order valence-electron chi connectivity index (χ4n) is 3.91. The molecule has 0 aromatic rings. The summed E-state index contributed by atoms with van der Waals surface area (Å²) in [5, 5.41) is 23.5. The van der Waals surface area contributed by atoms with E-state index in [1.165, 1.54) is 6.92 Å². The third kappa shape index (κ3) is 3.01. The van der Waals surface area contributed by atoms with E-state index in [1.54, 1.807) is 26.0 Å². The number of hydroxylamine groups is 3. The highest BCUT2D eigenvalue weighted by Crippen LogP contribution is 2.39. The van der Waals surface area contributed by atoms with E-state index in [1.807, 2.05) is 0 Å². The van der Waals surface area contributed by atoms with Crippen LogP contribution in [0.25, 0.3) is 0 Å². The topological polar surface area (TPSA) is 95.9 Å². The second-order valence-electron chi connectivity index (χ2n) is 7.46. The van der Waals surface area contributed by atoms with Crippen molar-refractivity contribution >= 4 is 11.9 Å². The molecule has 2 saturated heterocycles. The van der Waals surface area contributed by atoms with Gasteiger partial charge >= 0.3 is 11.9 Å². The normalized spacial score (nSPS) is 43.6. The molecule has 2 unspecified atom stereocenters. The van der Waals surface area contributed by atoms with Gasteiger partial charge in [0.2, 0.25) is 0 Å². The molecule has 0 aromatic heterocycles. The number of esters is 2. The van der Waals surface area contributed by atoms with E-state index in [0.717, 1.165) is 0 Å². The fourth-order valence-corrected chi connectivity index (χ4v) is 3.91. The standard InChI is InChI=1S/C18H25NO6/c1-4-12-9-11(2)18(3,22)17(21)24-10-13-5-7-19(23)8-6-14(15(13)19)25-16(12)20/h4-5,11,14-15,22H,6-10H2,1-3H3/b12-4+/t11?,14-,15-,18-,19?/m1/s1. The average Bonchev–Trinajstić information content (AvgIpc) is 3.05. The Balaban J connectivity index is 1.94. The minimum Gasteiger partial charge on any atom is -0.632 e. The number of ether oxygens (including phenoxy) is 2. The predicted molar refractivity (Wildman–Crippen MR) is 88.9 cm³/mol. The van der Waals surface area contributed by atoms with Crippen molar-refractivity contribution in [2.45, 2.75) is 51.4 Å². The van der Waals surface area contributed by atoms with Gasteiger partial charge in [-0.25, -0.2) is 9.59 Å². The van der Waals surface area contributed by atoms with Gasteiger partial charge in [-0.3, -0.25) is 0 Å². The largest absolute Gasteiger partial charge is 0.632 e. The molecule has 138 valence electrons. The summed E-state index contributed by atoms with van der Waals surface area (Å²) >= 11 is 0. The first-order valence-electron chi connectivity index (χ1n) is 8.71. The summed E-state index contributed by atoms with van der Waals surface area (Å²) in [4.78, 5) is 24.9. The van der Waals surface area contributed by atoms with Crippen LogP contribution in [0.5, 0.6) is 0 Å². The van der Waals surface area contributed by atoms with Gasteiger partial charge in [0.05, 0.1) is 13.1 Å². The van der Waals surface area contributed by atoms with Crippen molar-refractivity contribution in [1.29, 1.82) is 0 Å². The lowest BCUT2D eigenvalue weighted by molar-refractivity contribution is -0.877. The summed E-state index contributed by atoms with van der Waals surface area (Å²) in [6, 6.07) is -0.531. The smallest absolute Gasteiger partial charge is 0.338 e. The number of nitrogens with zero attached hydrogens (tertiary/aromatic N) is 1. The average molecular weight is 351 g/mol. The first-order chi connectivity index (χ1) is 11.7. The summed E-state index contributed by atoms with van der Waals surface area (Å²) in [5.74, 6) is -1.75. The molecule has 3 heterocycles. The lowest BCUT2D eigenvalue weighted by atomic mass is 9.85. The summed E-state index contributed by atoms with van der Waals surface area (Å²) in [7, 11) is 0. The van der Waals surface area contributed by atoms with Gasteiger partial charge in [0.1, 0.15) is 6.61 Å². The quantitative estimate of drug-likeness (QED) is 0.232. The van der Waals surface area contributed by atoms with Crippen LogP contribution in [-0.2, 0) is 19.1 Å². The van der Waals surface area contributed by atoms with Crippen molar-refractivity contribution < 1.29 is 28.8 Å². The third-order valence-electron chi connectivity index (χ3n) is 5.83. The van der Waals surface area contributed by atoms with Crippen LogP contribution in [0.4, 0.5) is 0 Å². The number of hydrogen-bond donors (Lipinski definition) is 1. The van der Waals surface area contributed by atoms with Crippen LogP contribution in [0.1, 0.15) is 33.6 Å². The van der Waals surface area contributed by atoms with E-state index < -0.39 is 40.2 Å². The van der Waals surface area contributed by atoms with Gasteiger partial charge in [0.15, 0.2) is 17.7 Å². The Kier molecular flexibility index (Phi) is 4.51. The highest BCUT2D eigenvalue weighted by molar-refractivity contribution is 5.89. The Labute approximate surface area is 147 Å². The van der Waals surface area contributed by atoms with Crippen molar-refractivity contribution in [3.63, 3.8) is 0 Å². The van der Waals surface area contributed by atoms with E-state index in [4.69, 9.17) is 9.47 Å². The second kappa shape index (κ2) is 6.23. The highest BCUT2D eigenvalue weighted by Gasteiger charge is 2.51. The highest BCUT2D eigenvalue weighted by atomic mass is 16.6. The Morgan fingerprint density at radius 3 is 2.84 bits per heavy atom. The molecule has 7 nitrogen and oxygen atoms in total. The van der Waals surface area contributed by atoms with Crippen LogP contribution in [0.3, 0.4) is 0 Å². The van der Waals surface area contributed by atoms with Gasteiger partial charge in [-0.05, 0) is 32.3 Å². The van der Waals surface area contributed by atoms with Crippen molar-refractivity contribution in [3.8, 4) is 0 Å². The van der Waals surface area contributed by atoms with Crippen molar-refractivity contribution in [2.75, 3.05) is 19.7 Å². The van der Waals surface area contributed by atoms with Gasteiger partial charge in [-0.1, -0.05) is 13.0 Å². The molecule has 2 fully saturated rings. The molecule has 25 heavy (non-hydrogen) atoms. The van der Waals surface area contributed by atoms with Crippen LogP contribution in [0.15, 0.2) is 23.3 Å². The monoisotopic (exact) mass is 351 g/mol. The zero-order valence-electron chi connectivity index (χ0n) is 14.9. The number of hydrogen-bond acceptors (Lipinski definition) is 6. The summed E-state index contributed by atoms with van der Waals surface area (Å²) in [6.07, 6.45) is 3.57. The molecule has 3 aliphatic rings. The molecule has 0 amide bonds. The van der Waals surface area contributed by atoms with E-state index in [9.17, 15) is 19.9 Å². The van der Waals surface area contributed by atoms with E-state index in [-0.39, 0.29) is 19.6 Å². The van der Waals surface area contributed by atoms with E-state index in [2.05, 4.69) is 0 Å². The molecule has 0 aliphatic carbocycles. The van der Waals surface area contributed by atoms with Gasteiger partial charge in [-0.2, -0.15) is 0 Å². The maximum Gasteiger partial charge on any atom is 0.338 e. The number of allylic oxidation sites excluding steroid dienone is 1. The molecule has 3 aliphatic heterocycles. The molecule has 0 radical (unpaired) electrons. The zero-order valence-corrected chi connectivity index (χ0v) is 14.9. The van der Waals surface area contributed by atoms with E-state index in [0.29, 0.717) is 24.1 Å². The summed E-state index contributed by atoms with van der Waals surface area (Å²) in [5.41, 5.74) is -0.670. The summed E-state index contributed by atoms with van der Waals surface area (Å²) < 4.78 is 10.5. The maximum absolute atomic E-state index is 12.9. The second-order valence-corrected chi connectivity index (χ2v) is 7.46. The number of quaternary nitrogens is 1. The van der Waals surface area contributed by atoms with Gasteiger partial charge in [0, 0.05) is 17.6 Å². The minimum absolute atomic E-state index is 0.0564. The van der Waals surface area contributed by atoms with Crippen LogP contribution in [-0.4, -0.2) is 59.1 Å². The van der Waals surface area contributed by atoms with E-state index >= 15 is 0 Å². The molecule has 0 saturated carbocycles. The number of cyclic esters (lactones) is 1. The molecular weight excluding hydrogens is 326 g/mol. The molecule has 0 aromatic carbocycles. The van der Waals surface area contributed by atoms with Crippen LogP contribution < -0.4 is 0 Å². The lowest BCUT2D eigenvalue weighted by Gasteiger charge is -2.41. The predicted octanol–water partition coefficient (Wildman–Crippen LogP) is 1.21. The Morgan fingerprint density at radius 2 is 2.16 bits per heavy atom. The Bertz CT molecular complexity index is 652. The Morgan fingerprint density at radius 1 is 1.44 bits per heavy atom. The first-order valence-corrected chi connectivity index (χ1v) is 8.71. The van der Waals surface area contributed by atoms with Crippen LogP contribution in [0.2, 0.25) is 0 Å². The molecule has 0 spiro atoms. The van der Waals surface area contributed by atoms with Gasteiger partial charge in [-0.15, -0.1) is 0 Å². The van der Waals surface area contributed by atoms with Crippen LogP contribution in [0, 0.1) is 11.1 Å². The van der Waals surface area contributed by atoms with Crippen molar-refractivity contribution in [1.82, 2.24) is 0 Å². The van der Waals surface area contributed by atoms with Crippen molar-refractivity contribution in [2.24, 2.45) is 5.92 Å². The molecule has 7 heteroatoms. The number of carbonyl (C=O) groups is 2. The molecule has 0 bridgehead atoms. The van der Waals surface area contributed by atoms with Crippen molar-refractivity contribution in [3.05, 3.63) is 28.5 Å². The van der Waals surface area contributed by atoms with Gasteiger partial charge < -0.3 is 24.4 Å². The van der Waals surface area contributed by atoms with Gasteiger partial charge in [0.25, 0.3) is 0 Å². The number of aliphatic hydroxyl groups is 1. The summed E-state index contributed by atoms with van der Waals surface area (Å²) in [6.45, 7) is 5.39. The maximum atomic E-state index is 12.9. The first kappa shape index (κ1) is 18.1. The third-order valence-corrected chi connectivity index (χ3v) is 5.83. The molecule has 3 rings (SSSR count). The molecular formula is C18H25NO6. The Hall–Kier alpha value is -1.70. The SMILES string of the molecule is C/C=C1\CC(C)[C@@](C)(O)C(=O)OCC2=CC[N+]3([O-])CC[C@@H](OC1=O)[C@@H]23. The molecule has 1 N–H and O–H groups in total. The zero-order chi connectivity index (χ0) is 18.4. The number of rotatable bonds is 0.